The molecule has 76 valence electrons. The van der Waals surface area contributed by atoms with Crippen molar-refractivity contribution >= 4 is 22.4 Å². The van der Waals surface area contributed by atoms with Crippen LogP contribution in [-0.4, -0.2) is 18.1 Å². The van der Waals surface area contributed by atoms with Crippen LogP contribution in [0.25, 0.3) is 10.8 Å². The van der Waals surface area contributed by atoms with Gasteiger partial charge in [-0.1, -0.05) is 12.1 Å². The number of nitrogens with one attached hydrogen (secondary N) is 1. The summed E-state index contributed by atoms with van der Waals surface area (Å²) >= 11 is 0. The van der Waals surface area contributed by atoms with E-state index >= 15 is 0 Å². The highest BCUT2D eigenvalue weighted by molar-refractivity contribution is 5.95. The predicted octanol–water partition coefficient (Wildman–Crippen LogP) is 2.58. The molecule has 0 heterocycles. The summed E-state index contributed by atoms with van der Waals surface area (Å²) < 4.78 is 0. The lowest BCUT2D eigenvalue weighted by Crippen LogP contribution is -1.95. The van der Waals surface area contributed by atoms with Gasteiger partial charge in [-0.05, 0) is 35.0 Å². The molecule has 2 aromatic rings. The maximum atomic E-state index is 10.8. The van der Waals surface area contributed by atoms with E-state index in [1.165, 1.54) is 0 Å². The van der Waals surface area contributed by atoms with Crippen molar-refractivity contribution in [2.24, 2.45) is 0 Å². The molecule has 3 nitrogen and oxygen atoms in total. The quantitative estimate of drug-likeness (QED) is 0.785. The SMILES string of the molecule is CNc1ccc2cc(C(=O)O)ccc2c1. The summed E-state index contributed by atoms with van der Waals surface area (Å²) in [7, 11) is 1.85. The Bertz CT molecular complexity index is 520. The molecule has 0 aliphatic heterocycles. The molecule has 0 saturated heterocycles. The van der Waals surface area contributed by atoms with Crippen molar-refractivity contribution in [3.63, 3.8) is 0 Å². The summed E-state index contributed by atoms with van der Waals surface area (Å²) in [5.41, 5.74) is 1.34. The number of hydrogen-bond donors (Lipinski definition) is 2. The predicted molar refractivity (Wildman–Crippen MR) is 60.5 cm³/mol. The molecule has 2 rings (SSSR count). The molecule has 0 aliphatic rings. The molecule has 15 heavy (non-hydrogen) atoms. The maximum absolute atomic E-state index is 10.8. The fourth-order valence-corrected chi connectivity index (χ4v) is 1.53. The minimum absolute atomic E-state index is 0.319. The molecule has 3 heteroatoms. The molecule has 2 aromatic carbocycles. The first-order chi connectivity index (χ1) is 7.20. The fraction of sp³-hybridized carbons (Fsp3) is 0.0833. The molecule has 0 saturated carbocycles. The van der Waals surface area contributed by atoms with Gasteiger partial charge in [0.2, 0.25) is 0 Å². The Balaban J connectivity index is 2.59. The second-order valence-electron chi connectivity index (χ2n) is 3.33. The summed E-state index contributed by atoms with van der Waals surface area (Å²) in [5.74, 6) is -0.894. The second-order valence-corrected chi connectivity index (χ2v) is 3.33. The number of hydrogen-bond acceptors (Lipinski definition) is 2. The van der Waals surface area contributed by atoms with E-state index in [2.05, 4.69) is 5.32 Å². The standard InChI is InChI=1S/C12H11NO2/c1-13-11-5-4-8-6-10(12(14)15)3-2-9(8)7-11/h2-7,13H,1H3,(H,14,15). The van der Waals surface area contributed by atoms with Gasteiger partial charge in [0.1, 0.15) is 0 Å². The minimum Gasteiger partial charge on any atom is -0.478 e. The highest BCUT2D eigenvalue weighted by Gasteiger charge is 2.03. The zero-order valence-electron chi connectivity index (χ0n) is 8.32. The highest BCUT2D eigenvalue weighted by atomic mass is 16.4. The van der Waals surface area contributed by atoms with Crippen molar-refractivity contribution in [1.82, 2.24) is 0 Å². The molecule has 0 atom stereocenters. The first-order valence-corrected chi connectivity index (χ1v) is 4.65. The third-order valence-corrected chi connectivity index (χ3v) is 2.38. The normalized spacial score (nSPS) is 10.2. The Morgan fingerprint density at radius 3 is 2.47 bits per heavy atom. The number of carboxylic acids is 1. The third kappa shape index (κ3) is 1.76. The van der Waals surface area contributed by atoms with Gasteiger partial charge in [0.25, 0.3) is 0 Å². The van der Waals surface area contributed by atoms with Gasteiger partial charge in [-0.25, -0.2) is 4.79 Å². The van der Waals surface area contributed by atoms with E-state index < -0.39 is 5.97 Å². The van der Waals surface area contributed by atoms with Crippen molar-refractivity contribution in [1.29, 1.82) is 0 Å². The molecule has 0 unspecified atom stereocenters. The van der Waals surface area contributed by atoms with Crippen LogP contribution < -0.4 is 5.32 Å². The van der Waals surface area contributed by atoms with Crippen molar-refractivity contribution in [2.75, 3.05) is 12.4 Å². The van der Waals surface area contributed by atoms with E-state index in [1.807, 2.05) is 31.3 Å². The Labute approximate surface area is 87.3 Å². The van der Waals surface area contributed by atoms with Crippen LogP contribution in [0.15, 0.2) is 36.4 Å². The summed E-state index contributed by atoms with van der Waals surface area (Å²) in [6.07, 6.45) is 0. The lowest BCUT2D eigenvalue weighted by atomic mass is 10.1. The van der Waals surface area contributed by atoms with E-state index in [4.69, 9.17) is 5.11 Å². The van der Waals surface area contributed by atoms with Crippen molar-refractivity contribution in [3.05, 3.63) is 42.0 Å². The molecule has 0 aromatic heterocycles. The van der Waals surface area contributed by atoms with E-state index in [0.29, 0.717) is 5.56 Å². The third-order valence-electron chi connectivity index (χ3n) is 2.38. The van der Waals surface area contributed by atoms with E-state index in [0.717, 1.165) is 16.5 Å². The smallest absolute Gasteiger partial charge is 0.335 e. The van der Waals surface area contributed by atoms with Crippen LogP contribution in [0.3, 0.4) is 0 Å². The van der Waals surface area contributed by atoms with Crippen LogP contribution >= 0.6 is 0 Å². The molecule has 0 amide bonds. The van der Waals surface area contributed by atoms with Crippen molar-refractivity contribution in [3.8, 4) is 0 Å². The van der Waals surface area contributed by atoms with Crippen LogP contribution in [0.2, 0.25) is 0 Å². The molecular weight excluding hydrogens is 190 g/mol. The number of carbonyl (C=O) groups is 1. The second kappa shape index (κ2) is 3.61. The van der Waals surface area contributed by atoms with Gasteiger partial charge in [0.15, 0.2) is 0 Å². The van der Waals surface area contributed by atoms with Gasteiger partial charge < -0.3 is 10.4 Å². The summed E-state index contributed by atoms with van der Waals surface area (Å²) in [5, 5.41) is 13.8. The zero-order chi connectivity index (χ0) is 10.8. The van der Waals surface area contributed by atoms with E-state index in [9.17, 15) is 4.79 Å². The average Bonchev–Trinajstić information content (AvgIpc) is 2.27. The largest absolute Gasteiger partial charge is 0.478 e. The first-order valence-electron chi connectivity index (χ1n) is 4.65. The van der Waals surface area contributed by atoms with Crippen LogP contribution in [0.5, 0.6) is 0 Å². The molecule has 0 bridgehead atoms. The molecule has 0 aliphatic carbocycles. The maximum Gasteiger partial charge on any atom is 0.335 e. The highest BCUT2D eigenvalue weighted by Crippen LogP contribution is 2.20. The fourth-order valence-electron chi connectivity index (χ4n) is 1.53. The summed E-state index contributed by atoms with van der Waals surface area (Å²) in [6, 6.07) is 10.9. The van der Waals surface area contributed by atoms with Crippen molar-refractivity contribution < 1.29 is 9.90 Å². The Morgan fingerprint density at radius 1 is 1.13 bits per heavy atom. The van der Waals surface area contributed by atoms with Crippen LogP contribution in [0.4, 0.5) is 5.69 Å². The number of fused-ring (bicyclic) bond motifs is 1. The average molecular weight is 201 g/mol. The van der Waals surface area contributed by atoms with E-state index in [-0.39, 0.29) is 0 Å². The van der Waals surface area contributed by atoms with Crippen LogP contribution in [0.1, 0.15) is 10.4 Å². The van der Waals surface area contributed by atoms with Gasteiger partial charge in [-0.2, -0.15) is 0 Å². The number of carboxylic acid groups (broad SMARTS) is 1. The Hall–Kier alpha value is -2.03. The Morgan fingerprint density at radius 2 is 1.80 bits per heavy atom. The Kier molecular flexibility index (Phi) is 2.29. The number of benzene rings is 2. The van der Waals surface area contributed by atoms with Gasteiger partial charge in [0.05, 0.1) is 5.56 Å². The number of aromatic carboxylic acids is 1. The zero-order valence-corrected chi connectivity index (χ0v) is 8.32. The van der Waals surface area contributed by atoms with Gasteiger partial charge in [-0.3, -0.25) is 0 Å². The summed E-state index contributed by atoms with van der Waals surface area (Å²) in [4.78, 5) is 10.8. The molecule has 2 N–H and O–H groups in total. The molecular formula is C12H11NO2. The lowest BCUT2D eigenvalue weighted by Gasteiger charge is -2.03. The van der Waals surface area contributed by atoms with Crippen molar-refractivity contribution in [2.45, 2.75) is 0 Å². The monoisotopic (exact) mass is 201 g/mol. The number of rotatable bonds is 2. The lowest BCUT2D eigenvalue weighted by molar-refractivity contribution is 0.0697. The van der Waals surface area contributed by atoms with Crippen LogP contribution in [0, 0.1) is 0 Å². The van der Waals surface area contributed by atoms with Gasteiger partial charge in [-0.15, -0.1) is 0 Å². The van der Waals surface area contributed by atoms with E-state index in [1.54, 1.807) is 12.1 Å². The van der Waals surface area contributed by atoms with Gasteiger partial charge >= 0.3 is 5.97 Å². The number of anilines is 1. The molecule has 0 fully saturated rings. The first kappa shape index (κ1) is 9.52. The topological polar surface area (TPSA) is 49.3 Å². The molecule has 0 radical (unpaired) electrons. The van der Waals surface area contributed by atoms with Gasteiger partial charge in [0, 0.05) is 12.7 Å². The van der Waals surface area contributed by atoms with Crippen LogP contribution in [-0.2, 0) is 0 Å². The minimum atomic E-state index is -0.894. The summed E-state index contributed by atoms with van der Waals surface area (Å²) in [6.45, 7) is 0. The molecule has 0 spiro atoms.